The van der Waals surface area contributed by atoms with Gasteiger partial charge in [0.25, 0.3) is 11.6 Å². The topological polar surface area (TPSA) is 116 Å². The van der Waals surface area contributed by atoms with Gasteiger partial charge in [-0.3, -0.25) is 19.1 Å². The number of nitrogens with one attached hydrogen (secondary N) is 1. The quantitative estimate of drug-likeness (QED) is 0.467. The van der Waals surface area contributed by atoms with Crippen molar-refractivity contribution in [1.29, 1.82) is 0 Å². The molecule has 0 bridgehead atoms. The second-order valence-electron chi connectivity index (χ2n) is 5.00. The Labute approximate surface area is 149 Å². The van der Waals surface area contributed by atoms with Crippen molar-refractivity contribution < 1.29 is 27.8 Å². The first-order chi connectivity index (χ1) is 12.3. The highest BCUT2D eigenvalue weighted by Crippen LogP contribution is 2.21. The number of anilines is 1. The van der Waals surface area contributed by atoms with Gasteiger partial charge in [0, 0.05) is 18.4 Å². The highest BCUT2D eigenvalue weighted by molar-refractivity contribution is 7.84. The fourth-order valence-corrected chi connectivity index (χ4v) is 2.73. The lowest BCUT2D eigenvalue weighted by Crippen LogP contribution is -2.22. The average Bonchev–Trinajstić information content (AvgIpc) is 2.61. The van der Waals surface area contributed by atoms with Crippen LogP contribution < -0.4 is 5.32 Å². The van der Waals surface area contributed by atoms with Crippen LogP contribution in [0, 0.1) is 15.9 Å². The van der Waals surface area contributed by atoms with Crippen molar-refractivity contribution in [2.45, 2.75) is 4.90 Å². The zero-order valence-electron chi connectivity index (χ0n) is 13.4. The lowest BCUT2D eigenvalue weighted by Gasteiger charge is -2.09. The number of esters is 1. The van der Waals surface area contributed by atoms with Crippen LogP contribution in [0.25, 0.3) is 0 Å². The second kappa shape index (κ2) is 8.30. The van der Waals surface area contributed by atoms with Crippen LogP contribution in [-0.4, -0.2) is 33.9 Å². The first kappa shape index (κ1) is 19.2. The lowest BCUT2D eigenvalue weighted by atomic mass is 10.2. The molecule has 8 nitrogen and oxygen atoms in total. The summed E-state index contributed by atoms with van der Waals surface area (Å²) in [6, 6.07) is 8.68. The number of amides is 1. The Bertz CT molecular complexity index is 902. The van der Waals surface area contributed by atoms with Crippen molar-refractivity contribution in [1.82, 2.24) is 0 Å². The number of carbonyl (C=O) groups is 2. The Kier molecular flexibility index (Phi) is 6.12. The summed E-state index contributed by atoms with van der Waals surface area (Å²) in [5.41, 5.74) is -0.768. The number of halogens is 1. The van der Waals surface area contributed by atoms with Crippen LogP contribution in [0.15, 0.2) is 47.4 Å². The first-order valence-electron chi connectivity index (χ1n) is 7.13. The van der Waals surface area contributed by atoms with E-state index < -0.39 is 51.4 Å². The van der Waals surface area contributed by atoms with Gasteiger partial charge in [0.1, 0.15) is 5.82 Å². The molecule has 136 valence electrons. The van der Waals surface area contributed by atoms with Gasteiger partial charge in [0.05, 0.1) is 31.9 Å². The molecule has 0 saturated heterocycles. The van der Waals surface area contributed by atoms with E-state index in [0.717, 1.165) is 18.2 Å². The van der Waals surface area contributed by atoms with E-state index in [1.54, 1.807) is 12.1 Å². The number of ether oxygens (including phenoxy) is 1. The monoisotopic (exact) mass is 380 g/mol. The van der Waals surface area contributed by atoms with Crippen LogP contribution in [-0.2, 0) is 20.3 Å². The maximum Gasteiger partial charge on any atom is 0.339 e. The number of hydrogen-bond donors (Lipinski definition) is 1. The standard InChI is InChI=1S/C16H13FN2O6S/c1-26(24)14-5-3-2-4-11(14)16(21)25-9-15(20)18-13-8-10(19(22)23)6-7-12(13)17/h2-8H,9H2,1H3,(H,18,20)/t26-/m1/s1. The van der Waals surface area contributed by atoms with E-state index in [9.17, 15) is 28.3 Å². The predicted octanol–water partition coefficient (Wildman–Crippen LogP) is 2.27. The summed E-state index contributed by atoms with van der Waals surface area (Å²) in [6.45, 7) is -0.744. The highest BCUT2D eigenvalue weighted by Gasteiger charge is 2.17. The molecule has 0 saturated carbocycles. The van der Waals surface area contributed by atoms with Crippen LogP contribution in [0.3, 0.4) is 0 Å². The SMILES string of the molecule is C[S@@](=O)c1ccccc1C(=O)OCC(=O)Nc1cc([N+](=O)[O-])ccc1F. The fourth-order valence-electron chi connectivity index (χ4n) is 2.00. The third-order valence-electron chi connectivity index (χ3n) is 3.19. The number of carbonyl (C=O) groups excluding carboxylic acids is 2. The second-order valence-corrected chi connectivity index (χ2v) is 6.34. The number of nitrogens with zero attached hydrogens (tertiary/aromatic N) is 1. The Hall–Kier alpha value is -3.14. The third kappa shape index (κ3) is 4.70. The lowest BCUT2D eigenvalue weighted by molar-refractivity contribution is -0.384. The van der Waals surface area contributed by atoms with Crippen LogP contribution >= 0.6 is 0 Å². The van der Waals surface area contributed by atoms with E-state index in [-0.39, 0.29) is 10.5 Å². The first-order valence-corrected chi connectivity index (χ1v) is 8.68. The smallest absolute Gasteiger partial charge is 0.339 e. The molecule has 1 N–H and O–H groups in total. The summed E-state index contributed by atoms with van der Waals surface area (Å²) in [5, 5.41) is 12.8. The molecule has 0 unspecified atom stereocenters. The van der Waals surface area contributed by atoms with E-state index >= 15 is 0 Å². The molecular weight excluding hydrogens is 367 g/mol. The normalized spacial score (nSPS) is 11.5. The van der Waals surface area contributed by atoms with E-state index in [4.69, 9.17) is 4.74 Å². The molecule has 0 radical (unpaired) electrons. The fraction of sp³-hybridized carbons (Fsp3) is 0.125. The number of benzene rings is 2. The Morgan fingerprint density at radius 3 is 2.62 bits per heavy atom. The van der Waals surface area contributed by atoms with Crippen LogP contribution in [0.5, 0.6) is 0 Å². The van der Waals surface area contributed by atoms with Gasteiger partial charge < -0.3 is 10.1 Å². The van der Waals surface area contributed by atoms with Gasteiger partial charge in [0.15, 0.2) is 6.61 Å². The molecule has 1 atom stereocenters. The zero-order valence-corrected chi connectivity index (χ0v) is 14.2. The summed E-state index contributed by atoms with van der Waals surface area (Å²) in [6.07, 6.45) is 1.39. The van der Waals surface area contributed by atoms with Gasteiger partial charge in [-0.25, -0.2) is 9.18 Å². The molecule has 10 heteroatoms. The van der Waals surface area contributed by atoms with Crippen molar-refractivity contribution in [2.24, 2.45) is 0 Å². The summed E-state index contributed by atoms with van der Waals surface area (Å²) in [5.74, 6) is -2.62. The minimum absolute atomic E-state index is 0.0441. The minimum Gasteiger partial charge on any atom is -0.452 e. The third-order valence-corrected chi connectivity index (χ3v) is 4.16. The van der Waals surface area contributed by atoms with Crippen molar-refractivity contribution in [3.8, 4) is 0 Å². The Morgan fingerprint density at radius 1 is 1.27 bits per heavy atom. The largest absolute Gasteiger partial charge is 0.452 e. The molecule has 2 rings (SSSR count). The van der Waals surface area contributed by atoms with Crippen molar-refractivity contribution in [2.75, 3.05) is 18.2 Å². The van der Waals surface area contributed by atoms with E-state index in [0.29, 0.717) is 0 Å². The number of nitro groups is 1. The molecule has 0 aliphatic heterocycles. The highest BCUT2D eigenvalue weighted by atomic mass is 32.2. The maximum absolute atomic E-state index is 13.6. The molecule has 2 aromatic rings. The van der Waals surface area contributed by atoms with Crippen LogP contribution in [0.4, 0.5) is 15.8 Å². The van der Waals surface area contributed by atoms with Gasteiger partial charge in [-0.05, 0) is 18.2 Å². The maximum atomic E-state index is 13.6. The van der Waals surface area contributed by atoms with Gasteiger partial charge in [-0.15, -0.1) is 0 Å². The molecule has 0 aromatic heterocycles. The van der Waals surface area contributed by atoms with E-state index in [2.05, 4.69) is 5.32 Å². The van der Waals surface area contributed by atoms with E-state index in [1.165, 1.54) is 18.4 Å². The number of hydrogen-bond acceptors (Lipinski definition) is 6. The van der Waals surface area contributed by atoms with E-state index in [1.807, 2.05) is 0 Å². The predicted molar refractivity (Wildman–Crippen MR) is 90.7 cm³/mol. The molecule has 0 spiro atoms. The zero-order chi connectivity index (χ0) is 19.3. The molecule has 0 aliphatic rings. The molecular formula is C16H13FN2O6S. The van der Waals surface area contributed by atoms with Crippen LogP contribution in [0.1, 0.15) is 10.4 Å². The Balaban J connectivity index is 2.04. The van der Waals surface area contributed by atoms with Gasteiger partial charge >= 0.3 is 5.97 Å². The molecule has 0 aliphatic carbocycles. The molecule has 0 fully saturated rings. The number of rotatable bonds is 6. The number of non-ortho nitro benzene ring substituents is 1. The molecule has 26 heavy (non-hydrogen) atoms. The van der Waals surface area contributed by atoms with Crippen molar-refractivity contribution in [3.05, 3.63) is 64.0 Å². The van der Waals surface area contributed by atoms with Gasteiger partial charge in [0.2, 0.25) is 0 Å². The van der Waals surface area contributed by atoms with Crippen LogP contribution in [0.2, 0.25) is 0 Å². The molecule has 1 amide bonds. The van der Waals surface area contributed by atoms with Crippen molar-refractivity contribution >= 4 is 34.1 Å². The van der Waals surface area contributed by atoms with Gasteiger partial charge in [-0.1, -0.05) is 12.1 Å². The average molecular weight is 380 g/mol. The summed E-state index contributed by atoms with van der Waals surface area (Å²) in [4.78, 5) is 34.1. The minimum atomic E-state index is -1.43. The Morgan fingerprint density at radius 2 is 1.96 bits per heavy atom. The van der Waals surface area contributed by atoms with Crippen molar-refractivity contribution in [3.63, 3.8) is 0 Å². The summed E-state index contributed by atoms with van der Waals surface area (Å²) >= 11 is 0. The number of nitro benzene ring substituents is 1. The van der Waals surface area contributed by atoms with Gasteiger partial charge in [-0.2, -0.15) is 0 Å². The summed E-state index contributed by atoms with van der Waals surface area (Å²) in [7, 11) is -1.43. The molecule has 0 heterocycles. The molecule has 2 aromatic carbocycles. The summed E-state index contributed by atoms with van der Waals surface area (Å²) < 4.78 is 30.1.